The molecule has 0 atom stereocenters. The quantitative estimate of drug-likeness (QED) is 0.133. The number of hydrogen-bond donors (Lipinski definition) is 0. The van der Waals surface area contributed by atoms with Gasteiger partial charge in [-0.3, -0.25) is 0 Å². The monoisotopic (exact) mass is 548 g/mol. The van der Waals surface area contributed by atoms with Crippen LogP contribution in [0.5, 0.6) is 5.75 Å². The van der Waals surface area contributed by atoms with Crippen molar-refractivity contribution in [1.29, 1.82) is 0 Å². The summed E-state index contributed by atoms with van der Waals surface area (Å²) >= 11 is 0. The van der Waals surface area contributed by atoms with E-state index in [2.05, 4.69) is 14.2 Å². The first-order valence-electron chi connectivity index (χ1n) is 10.8. The molecular weight excluding hydrogens is 534 g/mol. The Labute approximate surface area is 211 Å². The Hall–Kier alpha value is -4.19. The molecule has 0 radical (unpaired) electrons. The summed E-state index contributed by atoms with van der Waals surface area (Å²) in [6.45, 7) is 0. The third-order valence-corrected chi connectivity index (χ3v) is 6.65. The van der Waals surface area contributed by atoms with Crippen LogP contribution < -0.4 is 4.18 Å². The lowest BCUT2D eigenvalue weighted by molar-refractivity contribution is -0.137. The summed E-state index contributed by atoms with van der Waals surface area (Å²) in [4.78, 5) is 8.90. The first-order chi connectivity index (χ1) is 17.8. The molecule has 5 rings (SSSR count). The predicted octanol–water partition coefficient (Wildman–Crippen LogP) is 7.36. The molecule has 0 aliphatic rings. The van der Waals surface area contributed by atoms with Gasteiger partial charge in [-0.25, -0.2) is 9.97 Å². The van der Waals surface area contributed by atoms with Crippen molar-refractivity contribution < 1.29 is 38.9 Å². The molecule has 5 nitrogen and oxygen atoms in total. The van der Waals surface area contributed by atoms with Gasteiger partial charge in [-0.05, 0) is 35.0 Å². The molecular formula is C26H14F6N2O3S. The molecule has 38 heavy (non-hydrogen) atoms. The van der Waals surface area contributed by atoms with Crippen molar-refractivity contribution in [2.45, 2.75) is 11.7 Å². The molecule has 12 heteroatoms. The Morgan fingerprint density at radius 3 is 1.97 bits per heavy atom. The highest BCUT2D eigenvalue weighted by Crippen LogP contribution is 2.42. The van der Waals surface area contributed by atoms with Gasteiger partial charge >= 0.3 is 21.8 Å². The second-order valence-electron chi connectivity index (χ2n) is 8.13. The van der Waals surface area contributed by atoms with Crippen molar-refractivity contribution in [3.63, 3.8) is 0 Å². The zero-order valence-corrected chi connectivity index (χ0v) is 19.7. The minimum Gasteiger partial charge on any atom is -0.375 e. The van der Waals surface area contributed by atoms with Crippen molar-refractivity contribution in [3.8, 4) is 28.4 Å². The summed E-state index contributed by atoms with van der Waals surface area (Å²) in [5, 5.41) is 1.25. The van der Waals surface area contributed by atoms with Crippen LogP contribution in [0.1, 0.15) is 5.56 Å². The van der Waals surface area contributed by atoms with Gasteiger partial charge in [-0.15, -0.1) is 0 Å². The fourth-order valence-electron chi connectivity index (χ4n) is 3.94. The second kappa shape index (κ2) is 8.98. The van der Waals surface area contributed by atoms with Crippen molar-refractivity contribution in [2.24, 2.45) is 0 Å². The van der Waals surface area contributed by atoms with Crippen LogP contribution in [0.3, 0.4) is 0 Å². The number of benzene rings is 4. The van der Waals surface area contributed by atoms with Gasteiger partial charge < -0.3 is 4.18 Å². The van der Waals surface area contributed by atoms with Crippen molar-refractivity contribution in [1.82, 2.24) is 9.97 Å². The lowest BCUT2D eigenvalue weighted by Gasteiger charge is -2.17. The van der Waals surface area contributed by atoms with Gasteiger partial charge in [0, 0.05) is 10.9 Å². The number of para-hydroxylation sites is 1. The average Bonchev–Trinajstić information content (AvgIpc) is 2.87. The normalized spacial score (nSPS) is 12.7. The van der Waals surface area contributed by atoms with Crippen LogP contribution in [0.25, 0.3) is 44.3 Å². The van der Waals surface area contributed by atoms with Gasteiger partial charge in [0.05, 0.1) is 22.3 Å². The molecule has 0 saturated heterocycles. The van der Waals surface area contributed by atoms with Gasteiger partial charge in [0.15, 0.2) is 11.6 Å². The Bertz CT molecular complexity index is 1780. The van der Waals surface area contributed by atoms with E-state index in [0.717, 1.165) is 18.2 Å². The lowest BCUT2D eigenvalue weighted by Crippen LogP contribution is -2.28. The average molecular weight is 548 g/mol. The number of aromatic nitrogens is 2. The standard InChI is InChI=1S/C26H14F6N2O3S/c27-25(28,29)17-12-9-16(10-13-17)24-33-20-8-4-3-7-19(20)23(34-24)22-18-6-2-1-5-15(18)11-14-21(22)37-38(35,36)26(30,31)32/h1-14H. The van der Waals surface area contributed by atoms with E-state index < -0.39 is 33.1 Å². The summed E-state index contributed by atoms with van der Waals surface area (Å²) in [5.74, 6) is -0.645. The summed E-state index contributed by atoms with van der Waals surface area (Å²) in [7, 11) is -6.03. The molecule has 0 N–H and O–H groups in total. The Morgan fingerprint density at radius 2 is 1.32 bits per heavy atom. The van der Waals surface area contributed by atoms with E-state index in [1.165, 1.54) is 18.2 Å². The highest BCUT2D eigenvalue weighted by molar-refractivity contribution is 7.88. The summed E-state index contributed by atoms with van der Waals surface area (Å²) in [6.07, 6.45) is -4.56. The molecule has 194 valence electrons. The van der Waals surface area contributed by atoms with Crippen LogP contribution in [0.4, 0.5) is 26.3 Å². The van der Waals surface area contributed by atoms with Gasteiger partial charge in [0.1, 0.15) is 0 Å². The third-order valence-electron chi connectivity index (χ3n) is 5.68. The molecule has 1 heterocycles. The van der Waals surface area contributed by atoms with Crippen LogP contribution >= 0.6 is 0 Å². The zero-order valence-electron chi connectivity index (χ0n) is 18.9. The van der Waals surface area contributed by atoms with E-state index in [9.17, 15) is 34.8 Å². The first kappa shape index (κ1) is 25.5. The molecule has 0 unspecified atom stereocenters. The van der Waals surface area contributed by atoms with Crippen LogP contribution in [-0.2, 0) is 16.3 Å². The Kier molecular flexibility index (Phi) is 6.02. The minimum absolute atomic E-state index is 0.0232. The number of alkyl halides is 6. The van der Waals surface area contributed by atoms with E-state index in [-0.39, 0.29) is 22.6 Å². The first-order valence-corrected chi connectivity index (χ1v) is 12.2. The van der Waals surface area contributed by atoms with Crippen molar-refractivity contribution >= 4 is 31.8 Å². The van der Waals surface area contributed by atoms with E-state index in [4.69, 9.17) is 0 Å². The largest absolute Gasteiger partial charge is 0.534 e. The van der Waals surface area contributed by atoms with Crippen LogP contribution in [0.2, 0.25) is 0 Å². The fraction of sp³-hybridized carbons (Fsp3) is 0.0769. The molecule has 0 saturated carbocycles. The molecule has 0 amide bonds. The number of nitrogens with zero attached hydrogens (tertiary/aromatic N) is 2. The van der Waals surface area contributed by atoms with E-state index in [1.807, 2.05) is 0 Å². The van der Waals surface area contributed by atoms with Gasteiger partial charge in [0.25, 0.3) is 0 Å². The summed E-state index contributed by atoms with van der Waals surface area (Å²) in [5.41, 5.74) is -6.06. The van der Waals surface area contributed by atoms with Gasteiger partial charge in [-0.2, -0.15) is 34.8 Å². The van der Waals surface area contributed by atoms with Crippen molar-refractivity contribution in [2.75, 3.05) is 0 Å². The van der Waals surface area contributed by atoms with Crippen LogP contribution in [0.15, 0.2) is 84.9 Å². The number of hydrogen-bond acceptors (Lipinski definition) is 5. The predicted molar refractivity (Wildman–Crippen MR) is 129 cm³/mol. The fourth-order valence-corrected chi connectivity index (χ4v) is 4.41. The Morgan fingerprint density at radius 1 is 0.684 bits per heavy atom. The SMILES string of the molecule is O=S(=O)(Oc1ccc2ccccc2c1-c1nc(-c2ccc(C(F)(F)F)cc2)nc2ccccc12)C(F)(F)F. The smallest absolute Gasteiger partial charge is 0.375 e. The highest BCUT2D eigenvalue weighted by atomic mass is 32.2. The molecule has 5 aromatic rings. The lowest BCUT2D eigenvalue weighted by atomic mass is 9.98. The van der Waals surface area contributed by atoms with Crippen LogP contribution in [-0.4, -0.2) is 23.9 Å². The molecule has 0 aliphatic heterocycles. The maximum atomic E-state index is 13.2. The topological polar surface area (TPSA) is 69.2 Å². The van der Waals surface area contributed by atoms with Gasteiger partial charge in [-0.1, -0.05) is 60.7 Å². The molecule has 0 fully saturated rings. The molecule has 4 aromatic carbocycles. The summed E-state index contributed by atoms with van der Waals surface area (Å²) in [6, 6.07) is 19.5. The molecule has 0 aliphatic carbocycles. The maximum Gasteiger partial charge on any atom is 0.534 e. The molecule has 0 spiro atoms. The Balaban J connectivity index is 1.80. The minimum atomic E-state index is -6.03. The molecule has 0 bridgehead atoms. The number of halogens is 6. The number of fused-ring (bicyclic) bond motifs is 2. The summed E-state index contributed by atoms with van der Waals surface area (Å²) < 4.78 is 107. The third kappa shape index (κ3) is 4.62. The van der Waals surface area contributed by atoms with E-state index >= 15 is 0 Å². The number of rotatable bonds is 4. The highest BCUT2D eigenvalue weighted by Gasteiger charge is 2.49. The maximum absolute atomic E-state index is 13.2. The second-order valence-corrected chi connectivity index (χ2v) is 9.67. The molecule has 1 aromatic heterocycles. The van der Waals surface area contributed by atoms with E-state index in [0.29, 0.717) is 21.7 Å². The van der Waals surface area contributed by atoms with E-state index in [1.54, 1.807) is 48.5 Å². The van der Waals surface area contributed by atoms with Crippen LogP contribution in [0, 0.1) is 0 Å². The van der Waals surface area contributed by atoms with Crippen molar-refractivity contribution in [3.05, 3.63) is 90.5 Å². The van der Waals surface area contributed by atoms with Gasteiger partial charge in [0.2, 0.25) is 0 Å². The zero-order chi connectivity index (χ0) is 27.3.